The first-order chi connectivity index (χ1) is 6.22. The molecule has 0 amide bonds. The van der Waals surface area contributed by atoms with E-state index < -0.39 is 0 Å². The monoisotopic (exact) mass is 198 g/mol. The smallest absolute Gasteiger partial charge is 0.0374 e. The van der Waals surface area contributed by atoms with Crippen molar-refractivity contribution in [1.82, 2.24) is 10.3 Å². The van der Waals surface area contributed by atoms with E-state index in [-0.39, 0.29) is 0 Å². The van der Waals surface area contributed by atoms with Crippen LogP contribution in [-0.2, 0) is 6.54 Å². The third-order valence-corrected chi connectivity index (χ3v) is 2.28. The maximum Gasteiger partial charge on any atom is 0.0374 e. The van der Waals surface area contributed by atoms with Gasteiger partial charge < -0.3 is 5.32 Å². The highest BCUT2D eigenvalue weighted by Gasteiger charge is 1.99. The molecule has 0 saturated heterocycles. The third kappa shape index (κ3) is 3.75. The maximum absolute atomic E-state index is 5.67. The number of hydrogen-bond acceptors (Lipinski definition) is 2. The van der Waals surface area contributed by atoms with Crippen molar-refractivity contribution in [3.8, 4) is 0 Å². The van der Waals surface area contributed by atoms with E-state index in [9.17, 15) is 0 Å². The summed E-state index contributed by atoms with van der Waals surface area (Å²) >= 11 is 5.67. The zero-order chi connectivity index (χ0) is 9.68. The lowest BCUT2D eigenvalue weighted by Gasteiger charge is -2.09. The Kier molecular flexibility index (Phi) is 4.19. The largest absolute Gasteiger partial charge is 0.309 e. The minimum Gasteiger partial charge on any atom is -0.309 e. The molecule has 0 radical (unpaired) electrons. The zero-order valence-electron chi connectivity index (χ0n) is 8.05. The van der Waals surface area contributed by atoms with Crippen LogP contribution in [-0.4, -0.2) is 16.9 Å². The van der Waals surface area contributed by atoms with Crippen molar-refractivity contribution in [1.29, 1.82) is 0 Å². The van der Waals surface area contributed by atoms with Crippen LogP contribution in [0.5, 0.6) is 0 Å². The maximum atomic E-state index is 5.67. The predicted octanol–water partition coefficient (Wildman–Crippen LogP) is 2.11. The van der Waals surface area contributed by atoms with Crippen LogP contribution in [0.4, 0.5) is 0 Å². The Balaban J connectivity index is 2.45. The quantitative estimate of drug-likeness (QED) is 0.750. The van der Waals surface area contributed by atoms with Crippen LogP contribution in [0.25, 0.3) is 0 Å². The fraction of sp³-hybridized carbons (Fsp3) is 0.500. The molecule has 13 heavy (non-hydrogen) atoms. The Bertz CT molecular complexity index is 263. The molecule has 0 aliphatic rings. The standard InChI is InChI=1S/C10H15ClN2/c1-8-3-10(6-12-5-8)7-13-9(2)4-11/h3,5-6,9,13H,4,7H2,1-2H3. The van der Waals surface area contributed by atoms with Crippen molar-refractivity contribution in [2.75, 3.05) is 5.88 Å². The SMILES string of the molecule is Cc1cncc(CNC(C)CCl)c1. The molecule has 1 N–H and O–H groups in total. The van der Waals surface area contributed by atoms with Crippen LogP contribution in [0.3, 0.4) is 0 Å². The summed E-state index contributed by atoms with van der Waals surface area (Å²) < 4.78 is 0. The molecule has 0 aliphatic carbocycles. The van der Waals surface area contributed by atoms with Gasteiger partial charge in [0.25, 0.3) is 0 Å². The Morgan fingerprint density at radius 2 is 2.31 bits per heavy atom. The predicted molar refractivity (Wildman–Crippen MR) is 56.0 cm³/mol. The fourth-order valence-corrected chi connectivity index (χ4v) is 1.17. The molecule has 1 atom stereocenters. The van der Waals surface area contributed by atoms with Crippen molar-refractivity contribution < 1.29 is 0 Å². The van der Waals surface area contributed by atoms with E-state index in [4.69, 9.17) is 11.6 Å². The normalized spacial score (nSPS) is 12.8. The van der Waals surface area contributed by atoms with E-state index in [2.05, 4.69) is 23.3 Å². The third-order valence-electron chi connectivity index (χ3n) is 1.82. The van der Waals surface area contributed by atoms with Crippen LogP contribution in [0, 0.1) is 6.92 Å². The molecule has 1 aromatic rings. The van der Waals surface area contributed by atoms with Crippen LogP contribution in [0.2, 0.25) is 0 Å². The van der Waals surface area contributed by atoms with E-state index >= 15 is 0 Å². The highest BCUT2D eigenvalue weighted by atomic mass is 35.5. The average molecular weight is 199 g/mol. The number of alkyl halides is 1. The van der Waals surface area contributed by atoms with Gasteiger partial charge in [0.05, 0.1) is 0 Å². The molecule has 3 heteroatoms. The molecule has 0 bridgehead atoms. The molecular weight excluding hydrogens is 184 g/mol. The molecule has 1 rings (SSSR count). The number of hydrogen-bond donors (Lipinski definition) is 1. The Hall–Kier alpha value is -0.600. The minimum atomic E-state index is 0.349. The number of nitrogens with one attached hydrogen (secondary N) is 1. The fourth-order valence-electron chi connectivity index (χ4n) is 1.06. The number of rotatable bonds is 4. The topological polar surface area (TPSA) is 24.9 Å². The van der Waals surface area contributed by atoms with Gasteiger partial charge in [-0.1, -0.05) is 6.07 Å². The Labute approximate surface area is 84.3 Å². The highest BCUT2D eigenvalue weighted by molar-refractivity contribution is 6.18. The van der Waals surface area contributed by atoms with Crippen molar-refractivity contribution in [3.05, 3.63) is 29.6 Å². The number of pyridine rings is 1. The van der Waals surface area contributed by atoms with Crippen LogP contribution in [0.15, 0.2) is 18.5 Å². The lowest BCUT2D eigenvalue weighted by molar-refractivity contribution is 0.592. The lowest BCUT2D eigenvalue weighted by Crippen LogP contribution is -2.26. The van der Waals surface area contributed by atoms with Crippen molar-refractivity contribution >= 4 is 11.6 Å². The molecule has 2 nitrogen and oxygen atoms in total. The highest BCUT2D eigenvalue weighted by Crippen LogP contribution is 2.01. The summed E-state index contributed by atoms with van der Waals surface area (Å²) in [5.41, 5.74) is 2.40. The van der Waals surface area contributed by atoms with Gasteiger partial charge >= 0.3 is 0 Å². The zero-order valence-corrected chi connectivity index (χ0v) is 8.80. The minimum absolute atomic E-state index is 0.349. The second-order valence-corrected chi connectivity index (χ2v) is 3.62. The van der Waals surface area contributed by atoms with Gasteiger partial charge in [-0.05, 0) is 25.0 Å². The Morgan fingerprint density at radius 1 is 1.54 bits per heavy atom. The summed E-state index contributed by atoms with van der Waals surface area (Å²) in [5, 5.41) is 3.30. The molecule has 0 spiro atoms. The first-order valence-electron chi connectivity index (χ1n) is 4.42. The molecule has 72 valence electrons. The van der Waals surface area contributed by atoms with E-state index in [1.165, 1.54) is 11.1 Å². The van der Waals surface area contributed by atoms with Gasteiger partial charge in [-0.25, -0.2) is 0 Å². The van der Waals surface area contributed by atoms with Crippen molar-refractivity contribution in [2.45, 2.75) is 26.4 Å². The second kappa shape index (κ2) is 5.20. The van der Waals surface area contributed by atoms with Gasteiger partial charge in [0.15, 0.2) is 0 Å². The summed E-state index contributed by atoms with van der Waals surface area (Å²) in [7, 11) is 0. The molecule has 0 fully saturated rings. The van der Waals surface area contributed by atoms with Gasteiger partial charge in [0.1, 0.15) is 0 Å². The van der Waals surface area contributed by atoms with E-state index in [1.54, 1.807) is 0 Å². The number of aromatic nitrogens is 1. The summed E-state index contributed by atoms with van der Waals surface area (Å²) in [6.45, 7) is 4.94. The summed E-state index contributed by atoms with van der Waals surface area (Å²) in [6.07, 6.45) is 3.73. The molecular formula is C10H15ClN2. The van der Waals surface area contributed by atoms with E-state index in [0.29, 0.717) is 11.9 Å². The molecule has 0 aromatic carbocycles. The average Bonchev–Trinajstić information content (AvgIpc) is 2.14. The number of nitrogens with zero attached hydrogens (tertiary/aromatic N) is 1. The summed E-state index contributed by atoms with van der Waals surface area (Å²) in [6, 6.07) is 2.48. The Morgan fingerprint density at radius 3 is 2.92 bits per heavy atom. The van der Waals surface area contributed by atoms with E-state index in [1.807, 2.05) is 19.3 Å². The van der Waals surface area contributed by atoms with Gasteiger partial charge in [0.2, 0.25) is 0 Å². The van der Waals surface area contributed by atoms with Gasteiger partial charge in [-0.15, -0.1) is 11.6 Å². The number of aryl methyl sites for hydroxylation is 1. The van der Waals surface area contributed by atoms with Gasteiger partial charge in [-0.3, -0.25) is 4.98 Å². The summed E-state index contributed by atoms with van der Waals surface area (Å²) in [5.74, 6) is 0.638. The second-order valence-electron chi connectivity index (χ2n) is 3.31. The van der Waals surface area contributed by atoms with Gasteiger partial charge in [-0.2, -0.15) is 0 Å². The molecule has 0 saturated carbocycles. The van der Waals surface area contributed by atoms with E-state index in [0.717, 1.165) is 6.54 Å². The van der Waals surface area contributed by atoms with Crippen LogP contribution < -0.4 is 5.32 Å². The lowest BCUT2D eigenvalue weighted by atomic mass is 10.2. The molecule has 0 aliphatic heterocycles. The van der Waals surface area contributed by atoms with Crippen molar-refractivity contribution in [2.24, 2.45) is 0 Å². The molecule has 1 aromatic heterocycles. The number of halogens is 1. The van der Waals surface area contributed by atoms with Crippen LogP contribution in [0.1, 0.15) is 18.1 Å². The first-order valence-corrected chi connectivity index (χ1v) is 4.95. The molecule has 1 unspecified atom stereocenters. The van der Waals surface area contributed by atoms with Gasteiger partial charge in [0, 0.05) is 30.9 Å². The van der Waals surface area contributed by atoms with Crippen molar-refractivity contribution in [3.63, 3.8) is 0 Å². The molecule has 1 heterocycles. The van der Waals surface area contributed by atoms with Crippen LogP contribution >= 0.6 is 11.6 Å². The summed E-state index contributed by atoms with van der Waals surface area (Å²) in [4.78, 5) is 4.12. The first kappa shape index (κ1) is 10.5.